The molecule has 1 fully saturated rings. The van der Waals surface area contributed by atoms with Gasteiger partial charge in [0.15, 0.2) is 0 Å². The van der Waals surface area contributed by atoms with Gasteiger partial charge in [0, 0.05) is 19.4 Å². The average molecular weight is 227 g/mol. The Kier molecular flexibility index (Phi) is 4.77. The lowest BCUT2D eigenvalue weighted by molar-refractivity contribution is -0.137. The molecule has 0 atom stereocenters. The number of carboxylic acids is 1. The van der Waals surface area contributed by atoms with Gasteiger partial charge in [-0.15, -0.1) is 0 Å². The summed E-state index contributed by atoms with van der Waals surface area (Å²) in [4.78, 5) is 21.7. The molecule has 4 heteroatoms. The Labute approximate surface area is 96.4 Å². The molecule has 0 aromatic carbocycles. The lowest BCUT2D eigenvalue weighted by Gasteiger charge is -2.23. The van der Waals surface area contributed by atoms with E-state index in [9.17, 15) is 9.59 Å². The predicted octanol–water partition coefficient (Wildman–Crippen LogP) is 1.94. The van der Waals surface area contributed by atoms with E-state index in [0.29, 0.717) is 12.8 Å². The molecule has 0 aliphatic heterocycles. The topological polar surface area (TPSA) is 66.4 Å². The van der Waals surface area contributed by atoms with Crippen molar-refractivity contribution < 1.29 is 14.7 Å². The van der Waals surface area contributed by atoms with E-state index in [1.54, 1.807) is 0 Å². The third kappa shape index (κ3) is 4.64. The summed E-state index contributed by atoms with van der Waals surface area (Å²) in [6.45, 7) is 2.94. The second-order valence-corrected chi connectivity index (χ2v) is 5.04. The highest BCUT2D eigenvalue weighted by Gasteiger charge is 2.28. The van der Waals surface area contributed by atoms with E-state index in [-0.39, 0.29) is 17.7 Å². The number of rotatable bonds is 6. The minimum Gasteiger partial charge on any atom is -0.481 e. The average Bonchev–Trinajstić information content (AvgIpc) is 2.62. The van der Waals surface area contributed by atoms with E-state index in [1.807, 2.05) is 0 Å². The van der Waals surface area contributed by atoms with Crippen LogP contribution in [0.1, 0.15) is 51.9 Å². The van der Waals surface area contributed by atoms with Gasteiger partial charge < -0.3 is 10.4 Å². The van der Waals surface area contributed by atoms with E-state index in [1.165, 1.54) is 25.7 Å². The van der Waals surface area contributed by atoms with Crippen molar-refractivity contribution in [2.24, 2.45) is 5.41 Å². The molecule has 1 rings (SSSR count). The zero-order valence-electron chi connectivity index (χ0n) is 9.92. The van der Waals surface area contributed by atoms with Gasteiger partial charge in [-0.2, -0.15) is 0 Å². The van der Waals surface area contributed by atoms with E-state index in [0.717, 1.165) is 6.54 Å². The number of hydrogen-bond acceptors (Lipinski definition) is 2. The molecule has 0 bridgehead atoms. The van der Waals surface area contributed by atoms with Crippen molar-refractivity contribution in [3.05, 3.63) is 0 Å². The number of carbonyl (C=O) groups is 2. The van der Waals surface area contributed by atoms with E-state index in [2.05, 4.69) is 12.2 Å². The Bertz CT molecular complexity index is 257. The van der Waals surface area contributed by atoms with Crippen LogP contribution in [-0.2, 0) is 9.59 Å². The van der Waals surface area contributed by atoms with Gasteiger partial charge in [-0.25, -0.2) is 0 Å². The molecule has 0 spiro atoms. The fourth-order valence-electron chi connectivity index (χ4n) is 2.21. The van der Waals surface area contributed by atoms with Gasteiger partial charge in [0.05, 0.1) is 0 Å². The smallest absolute Gasteiger partial charge is 0.303 e. The molecule has 2 N–H and O–H groups in total. The zero-order valence-corrected chi connectivity index (χ0v) is 9.92. The standard InChI is InChI=1S/C12H21NO3/c1-12(7-2-3-8-12)9-13-10(14)5-4-6-11(15)16/h2-9H2,1H3,(H,13,14)(H,15,16). The number of carbonyl (C=O) groups excluding carboxylic acids is 1. The number of nitrogens with one attached hydrogen (secondary N) is 1. The van der Waals surface area contributed by atoms with E-state index < -0.39 is 5.97 Å². The molecule has 0 saturated heterocycles. The quantitative estimate of drug-likeness (QED) is 0.728. The molecule has 0 aromatic rings. The molecule has 1 aliphatic carbocycles. The molecule has 1 aliphatic rings. The highest BCUT2D eigenvalue weighted by molar-refractivity contribution is 5.76. The van der Waals surface area contributed by atoms with Gasteiger partial charge in [0.1, 0.15) is 0 Å². The summed E-state index contributed by atoms with van der Waals surface area (Å²) in [6.07, 6.45) is 5.70. The van der Waals surface area contributed by atoms with Crippen LogP contribution in [0.2, 0.25) is 0 Å². The molecule has 0 unspecified atom stereocenters. The van der Waals surface area contributed by atoms with Crippen molar-refractivity contribution in [3.63, 3.8) is 0 Å². The summed E-state index contributed by atoms with van der Waals surface area (Å²) in [5.74, 6) is -0.857. The first kappa shape index (κ1) is 13.0. The number of carboxylic acid groups (broad SMARTS) is 1. The summed E-state index contributed by atoms with van der Waals surface area (Å²) in [5.41, 5.74) is 0.266. The van der Waals surface area contributed by atoms with Crippen LogP contribution in [0.4, 0.5) is 0 Å². The molecule has 16 heavy (non-hydrogen) atoms. The van der Waals surface area contributed by atoms with Crippen molar-refractivity contribution >= 4 is 11.9 Å². The SMILES string of the molecule is CC1(CNC(=O)CCCC(=O)O)CCCC1. The minimum atomic E-state index is -0.837. The fraction of sp³-hybridized carbons (Fsp3) is 0.833. The van der Waals surface area contributed by atoms with Gasteiger partial charge in [-0.1, -0.05) is 19.8 Å². The maximum atomic E-state index is 11.4. The van der Waals surface area contributed by atoms with Gasteiger partial charge in [0.25, 0.3) is 0 Å². The van der Waals surface area contributed by atoms with Crippen LogP contribution in [0, 0.1) is 5.41 Å². The van der Waals surface area contributed by atoms with Crippen LogP contribution in [0.3, 0.4) is 0 Å². The molecule has 92 valence electrons. The number of aliphatic carboxylic acids is 1. The number of amides is 1. The molecule has 4 nitrogen and oxygen atoms in total. The van der Waals surface area contributed by atoms with E-state index in [4.69, 9.17) is 5.11 Å². The Morgan fingerprint density at radius 1 is 1.25 bits per heavy atom. The van der Waals surface area contributed by atoms with Crippen LogP contribution in [-0.4, -0.2) is 23.5 Å². The highest BCUT2D eigenvalue weighted by atomic mass is 16.4. The van der Waals surface area contributed by atoms with Crippen LogP contribution >= 0.6 is 0 Å². The van der Waals surface area contributed by atoms with Crippen LogP contribution < -0.4 is 5.32 Å². The summed E-state index contributed by atoms with van der Waals surface area (Å²) in [5, 5.41) is 11.3. The van der Waals surface area contributed by atoms with Crippen molar-refractivity contribution in [2.45, 2.75) is 51.9 Å². The maximum Gasteiger partial charge on any atom is 0.303 e. The minimum absolute atomic E-state index is 0.0191. The third-order valence-electron chi connectivity index (χ3n) is 3.32. The molecule has 1 amide bonds. The van der Waals surface area contributed by atoms with Gasteiger partial charge in [-0.05, 0) is 24.7 Å². The third-order valence-corrected chi connectivity index (χ3v) is 3.32. The van der Waals surface area contributed by atoms with Crippen molar-refractivity contribution in [1.29, 1.82) is 0 Å². The van der Waals surface area contributed by atoms with Crippen molar-refractivity contribution in [1.82, 2.24) is 5.32 Å². The fourth-order valence-corrected chi connectivity index (χ4v) is 2.21. The van der Waals surface area contributed by atoms with Gasteiger partial charge >= 0.3 is 5.97 Å². The van der Waals surface area contributed by atoms with Crippen molar-refractivity contribution in [2.75, 3.05) is 6.54 Å². The zero-order chi connectivity index (χ0) is 12.0. The highest BCUT2D eigenvalue weighted by Crippen LogP contribution is 2.36. The molecule has 0 heterocycles. The lowest BCUT2D eigenvalue weighted by atomic mass is 9.89. The Balaban J connectivity index is 2.12. The normalized spacial score (nSPS) is 18.3. The lowest BCUT2D eigenvalue weighted by Crippen LogP contribution is -2.33. The Morgan fingerprint density at radius 3 is 2.44 bits per heavy atom. The molecule has 0 radical (unpaired) electrons. The first-order valence-corrected chi connectivity index (χ1v) is 6.00. The Morgan fingerprint density at radius 2 is 1.88 bits per heavy atom. The first-order valence-electron chi connectivity index (χ1n) is 6.00. The van der Waals surface area contributed by atoms with Crippen LogP contribution in [0.15, 0.2) is 0 Å². The van der Waals surface area contributed by atoms with Crippen LogP contribution in [0.25, 0.3) is 0 Å². The van der Waals surface area contributed by atoms with Gasteiger partial charge in [0.2, 0.25) is 5.91 Å². The van der Waals surface area contributed by atoms with Crippen molar-refractivity contribution in [3.8, 4) is 0 Å². The summed E-state index contributed by atoms with van der Waals surface area (Å²) in [6, 6.07) is 0. The maximum absolute atomic E-state index is 11.4. The summed E-state index contributed by atoms with van der Waals surface area (Å²) in [7, 11) is 0. The van der Waals surface area contributed by atoms with E-state index >= 15 is 0 Å². The van der Waals surface area contributed by atoms with Gasteiger partial charge in [-0.3, -0.25) is 9.59 Å². The second-order valence-electron chi connectivity index (χ2n) is 5.04. The first-order chi connectivity index (χ1) is 7.52. The molecule has 1 saturated carbocycles. The molecule has 0 aromatic heterocycles. The Hall–Kier alpha value is -1.06. The van der Waals surface area contributed by atoms with Crippen LogP contribution in [0.5, 0.6) is 0 Å². The second kappa shape index (κ2) is 5.87. The largest absolute Gasteiger partial charge is 0.481 e. The molecular formula is C12H21NO3. The molecular weight excluding hydrogens is 206 g/mol. The summed E-state index contributed by atoms with van der Waals surface area (Å²) >= 11 is 0. The summed E-state index contributed by atoms with van der Waals surface area (Å²) < 4.78 is 0. The monoisotopic (exact) mass is 227 g/mol. The predicted molar refractivity (Wildman–Crippen MR) is 61.1 cm³/mol. The number of hydrogen-bond donors (Lipinski definition) is 2.